The largest absolute Gasteiger partial charge is 0.380 e. The molecule has 0 heterocycles. The van der Waals surface area contributed by atoms with Crippen molar-refractivity contribution < 1.29 is 0 Å². The first-order chi connectivity index (χ1) is 8.56. The van der Waals surface area contributed by atoms with Crippen LogP contribution in [0.25, 0.3) is 0 Å². The summed E-state index contributed by atoms with van der Waals surface area (Å²) < 4.78 is 2.26. The van der Waals surface area contributed by atoms with Crippen LogP contribution in [-0.2, 0) is 6.54 Å². The Balaban J connectivity index is 2.11. The van der Waals surface area contributed by atoms with Crippen molar-refractivity contribution in [2.45, 2.75) is 13.5 Å². The summed E-state index contributed by atoms with van der Waals surface area (Å²) >= 11 is 12.0. The van der Waals surface area contributed by atoms with Crippen LogP contribution in [0.3, 0.4) is 0 Å². The fourth-order valence-corrected chi connectivity index (χ4v) is 3.18. The van der Waals surface area contributed by atoms with Gasteiger partial charge in [-0.05, 0) is 64.9 Å². The van der Waals surface area contributed by atoms with Gasteiger partial charge in [0.05, 0.1) is 10.7 Å². The van der Waals surface area contributed by atoms with Crippen molar-refractivity contribution in [1.82, 2.24) is 0 Å². The lowest BCUT2D eigenvalue weighted by atomic mass is 10.1. The zero-order valence-corrected chi connectivity index (χ0v) is 14.3. The zero-order valence-electron chi connectivity index (χ0n) is 9.81. The number of aryl methyl sites for hydroxylation is 1. The van der Waals surface area contributed by atoms with Gasteiger partial charge in [-0.2, -0.15) is 0 Å². The molecule has 2 aromatic rings. The highest BCUT2D eigenvalue weighted by Gasteiger charge is 2.03. The van der Waals surface area contributed by atoms with Gasteiger partial charge in [0.1, 0.15) is 0 Å². The van der Waals surface area contributed by atoms with E-state index in [1.54, 1.807) is 0 Å². The predicted molar refractivity (Wildman–Crippen MR) is 90.4 cm³/mol. The lowest BCUT2D eigenvalue weighted by Gasteiger charge is -2.10. The number of benzene rings is 2. The summed E-state index contributed by atoms with van der Waals surface area (Å²) in [4.78, 5) is 0. The van der Waals surface area contributed by atoms with Crippen molar-refractivity contribution >= 4 is 55.8 Å². The van der Waals surface area contributed by atoms with E-state index in [9.17, 15) is 0 Å². The van der Waals surface area contributed by atoms with Gasteiger partial charge in [-0.1, -0.05) is 39.7 Å². The third kappa shape index (κ3) is 3.62. The summed E-state index contributed by atoms with van der Waals surface area (Å²) in [5.41, 5.74) is 3.43. The highest BCUT2D eigenvalue weighted by molar-refractivity contribution is 14.1. The van der Waals surface area contributed by atoms with Gasteiger partial charge < -0.3 is 5.32 Å². The summed E-state index contributed by atoms with van der Waals surface area (Å²) in [6.07, 6.45) is 0. The molecule has 0 aromatic heterocycles. The van der Waals surface area contributed by atoms with Crippen LogP contribution in [-0.4, -0.2) is 0 Å². The number of rotatable bonds is 3. The van der Waals surface area contributed by atoms with E-state index in [0.717, 1.165) is 25.3 Å². The Morgan fingerprint density at radius 3 is 2.67 bits per heavy atom. The molecule has 0 fully saturated rings. The normalized spacial score (nSPS) is 10.4. The van der Waals surface area contributed by atoms with Crippen LogP contribution in [0.4, 0.5) is 5.69 Å². The van der Waals surface area contributed by atoms with Gasteiger partial charge in [0.2, 0.25) is 0 Å². The first-order valence-corrected chi connectivity index (χ1v) is 7.75. The maximum atomic E-state index is 6.18. The van der Waals surface area contributed by atoms with Gasteiger partial charge >= 0.3 is 0 Å². The van der Waals surface area contributed by atoms with Gasteiger partial charge in [-0.3, -0.25) is 0 Å². The van der Waals surface area contributed by atoms with E-state index in [-0.39, 0.29) is 0 Å². The topological polar surface area (TPSA) is 12.0 Å². The van der Waals surface area contributed by atoms with Crippen LogP contribution in [0, 0.1) is 10.5 Å². The van der Waals surface area contributed by atoms with Crippen LogP contribution in [0.5, 0.6) is 0 Å². The van der Waals surface area contributed by atoms with Gasteiger partial charge in [0.15, 0.2) is 0 Å². The van der Waals surface area contributed by atoms with E-state index < -0.39 is 0 Å². The smallest absolute Gasteiger partial charge is 0.0648 e. The Hall–Kier alpha value is -0.260. The van der Waals surface area contributed by atoms with E-state index in [4.69, 9.17) is 11.6 Å². The van der Waals surface area contributed by atoms with E-state index >= 15 is 0 Å². The average molecular weight is 437 g/mol. The van der Waals surface area contributed by atoms with Crippen molar-refractivity contribution in [1.29, 1.82) is 0 Å². The minimum atomic E-state index is 0.751. The van der Waals surface area contributed by atoms with E-state index in [1.165, 1.54) is 11.1 Å². The average Bonchev–Trinajstić information content (AvgIpc) is 2.30. The Bertz CT molecular complexity index is 520. The molecule has 0 unspecified atom stereocenters. The summed E-state index contributed by atoms with van der Waals surface area (Å²) in [5, 5.41) is 4.11. The minimum Gasteiger partial charge on any atom is -0.380 e. The number of anilines is 1. The summed E-state index contributed by atoms with van der Waals surface area (Å²) in [5.74, 6) is 0. The first kappa shape index (κ1) is 14.2. The summed E-state index contributed by atoms with van der Waals surface area (Å²) in [7, 11) is 0. The molecule has 0 bridgehead atoms. The molecule has 0 aliphatic rings. The Morgan fingerprint density at radius 2 is 2.00 bits per heavy atom. The lowest BCUT2D eigenvalue weighted by Crippen LogP contribution is -2.01. The number of hydrogen-bond acceptors (Lipinski definition) is 1. The highest BCUT2D eigenvalue weighted by Crippen LogP contribution is 2.25. The van der Waals surface area contributed by atoms with E-state index in [2.05, 4.69) is 69.0 Å². The lowest BCUT2D eigenvalue weighted by molar-refractivity contribution is 1.13. The van der Waals surface area contributed by atoms with Crippen LogP contribution in [0.15, 0.2) is 40.9 Å². The molecule has 0 saturated heterocycles. The van der Waals surface area contributed by atoms with Crippen molar-refractivity contribution in [2.24, 2.45) is 0 Å². The van der Waals surface area contributed by atoms with Gasteiger partial charge in [0, 0.05) is 14.6 Å². The SMILES string of the molecule is Cc1ccc(CNc2ccc(I)cc2Cl)c(Br)c1. The van der Waals surface area contributed by atoms with Crippen molar-refractivity contribution in [3.63, 3.8) is 0 Å². The molecule has 0 spiro atoms. The molecule has 0 aliphatic carbocycles. The third-order valence-corrected chi connectivity index (χ3v) is 4.33. The number of hydrogen-bond donors (Lipinski definition) is 1. The van der Waals surface area contributed by atoms with Crippen LogP contribution in [0.1, 0.15) is 11.1 Å². The highest BCUT2D eigenvalue weighted by atomic mass is 127. The van der Waals surface area contributed by atoms with Gasteiger partial charge in [-0.25, -0.2) is 0 Å². The Kier molecular flexibility index (Phi) is 4.92. The second-order valence-electron chi connectivity index (χ2n) is 4.07. The zero-order chi connectivity index (χ0) is 13.1. The number of halogens is 3. The molecule has 0 atom stereocenters. The molecule has 4 heteroatoms. The van der Waals surface area contributed by atoms with E-state index in [0.29, 0.717) is 0 Å². The molecule has 0 saturated carbocycles. The van der Waals surface area contributed by atoms with Crippen LogP contribution < -0.4 is 5.32 Å². The fraction of sp³-hybridized carbons (Fsp3) is 0.143. The Labute approximate surface area is 134 Å². The molecule has 0 amide bonds. The monoisotopic (exact) mass is 435 g/mol. The molecular weight excluding hydrogens is 424 g/mol. The molecule has 18 heavy (non-hydrogen) atoms. The predicted octanol–water partition coefficient (Wildman–Crippen LogP) is 5.63. The summed E-state index contributed by atoms with van der Waals surface area (Å²) in [6.45, 7) is 2.83. The van der Waals surface area contributed by atoms with Crippen molar-refractivity contribution in [3.05, 3.63) is 60.6 Å². The van der Waals surface area contributed by atoms with Crippen LogP contribution >= 0.6 is 50.1 Å². The molecule has 2 rings (SSSR count). The third-order valence-electron chi connectivity index (χ3n) is 2.61. The minimum absolute atomic E-state index is 0.751. The maximum Gasteiger partial charge on any atom is 0.0648 e. The molecule has 2 aromatic carbocycles. The van der Waals surface area contributed by atoms with Gasteiger partial charge in [-0.15, -0.1) is 0 Å². The van der Waals surface area contributed by atoms with Gasteiger partial charge in [0.25, 0.3) is 0 Å². The second-order valence-corrected chi connectivity index (χ2v) is 6.58. The molecular formula is C14H12BrClIN. The molecule has 1 N–H and O–H groups in total. The Morgan fingerprint density at radius 1 is 1.22 bits per heavy atom. The second kappa shape index (κ2) is 6.26. The van der Waals surface area contributed by atoms with E-state index in [1.807, 2.05) is 18.2 Å². The standard InChI is InChI=1S/C14H12BrClIN/c1-9-2-3-10(12(15)6-9)8-18-14-5-4-11(17)7-13(14)16/h2-7,18H,8H2,1H3. The first-order valence-electron chi connectivity index (χ1n) is 5.50. The molecule has 0 radical (unpaired) electrons. The molecule has 94 valence electrons. The molecule has 0 aliphatic heterocycles. The summed E-state index contributed by atoms with van der Waals surface area (Å²) in [6, 6.07) is 12.3. The number of nitrogens with one attached hydrogen (secondary N) is 1. The quantitative estimate of drug-likeness (QED) is 0.615. The fourth-order valence-electron chi connectivity index (χ4n) is 1.62. The maximum absolute atomic E-state index is 6.18. The van der Waals surface area contributed by atoms with Crippen molar-refractivity contribution in [2.75, 3.05) is 5.32 Å². The van der Waals surface area contributed by atoms with Crippen LogP contribution in [0.2, 0.25) is 5.02 Å². The van der Waals surface area contributed by atoms with Crippen molar-refractivity contribution in [3.8, 4) is 0 Å². The molecule has 1 nitrogen and oxygen atoms in total.